The molecule has 0 spiro atoms. The van der Waals surface area contributed by atoms with Crippen LogP contribution in [0.25, 0.3) is 0 Å². The Morgan fingerprint density at radius 2 is 2.25 bits per heavy atom. The van der Waals surface area contributed by atoms with Crippen molar-refractivity contribution in [2.24, 2.45) is 5.92 Å². The van der Waals surface area contributed by atoms with Crippen LogP contribution in [0, 0.1) is 5.92 Å². The van der Waals surface area contributed by atoms with Crippen LogP contribution in [-0.2, 0) is 6.42 Å². The van der Waals surface area contributed by atoms with Crippen LogP contribution in [0.2, 0.25) is 0 Å². The SMILES string of the molecule is CCCc1cc(C(=O)O)cc(N2CCC(C)C(O)C2)n1. The summed E-state index contributed by atoms with van der Waals surface area (Å²) < 4.78 is 0. The largest absolute Gasteiger partial charge is 0.478 e. The van der Waals surface area contributed by atoms with E-state index in [-0.39, 0.29) is 17.6 Å². The molecular weight excluding hydrogens is 256 g/mol. The molecule has 1 fully saturated rings. The third-order valence-corrected chi connectivity index (χ3v) is 3.86. The van der Waals surface area contributed by atoms with Crippen LogP contribution in [0.5, 0.6) is 0 Å². The molecular formula is C15H22N2O3. The Bertz CT molecular complexity index is 490. The molecule has 20 heavy (non-hydrogen) atoms. The minimum atomic E-state index is -0.933. The number of aliphatic hydroxyl groups excluding tert-OH is 1. The van der Waals surface area contributed by atoms with Crippen LogP contribution < -0.4 is 4.90 Å². The van der Waals surface area contributed by atoms with Crippen molar-refractivity contribution in [2.75, 3.05) is 18.0 Å². The van der Waals surface area contributed by atoms with Gasteiger partial charge in [-0.1, -0.05) is 20.3 Å². The van der Waals surface area contributed by atoms with Crippen molar-refractivity contribution in [3.05, 3.63) is 23.4 Å². The highest BCUT2D eigenvalue weighted by Crippen LogP contribution is 2.23. The molecule has 0 amide bonds. The number of piperidine rings is 1. The number of carboxylic acids is 1. The number of aliphatic hydroxyl groups is 1. The van der Waals surface area contributed by atoms with Gasteiger partial charge < -0.3 is 15.1 Å². The number of aromatic carboxylic acids is 1. The average molecular weight is 278 g/mol. The second kappa shape index (κ2) is 6.22. The molecule has 1 aromatic rings. The number of hydrogen-bond donors (Lipinski definition) is 2. The first-order valence-electron chi connectivity index (χ1n) is 7.18. The molecule has 5 nitrogen and oxygen atoms in total. The molecule has 0 radical (unpaired) electrons. The first kappa shape index (κ1) is 14.8. The maximum Gasteiger partial charge on any atom is 0.335 e. The highest BCUT2D eigenvalue weighted by molar-refractivity contribution is 5.88. The number of anilines is 1. The summed E-state index contributed by atoms with van der Waals surface area (Å²) in [7, 11) is 0. The van der Waals surface area contributed by atoms with Gasteiger partial charge in [0.1, 0.15) is 5.82 Å². The molecule has 0 bridgehead atoms. The lowest BCUT2D eigenvalue weighted by atomic mass is 9.96. The Balaban J connectivity index is 2.28. The van der Waals surface area contributed by atoms with Crippen LogP contribution in [0.15, 0.2) is 12.1 Å². The topological polar surface area (TPSA) is 73.7 Å². The maximum atomic E-state index is 11.2. The van der Waals surface area contributed by atoms with Gasteiger partial charge in [0.15, 0.2) is 0 Å². The summed E-state index contributed by atoms with van der Waals surface area (Å²) in [4.78, 5) is 17.7. The van der Waals surface area contributed by atoms with E-state index in [1.165, 1.54) is 0 Å². The quantitative estimate of drug-likeness (QED) is 0.880. The van der Waals surface area contributed by atoms with Gasteiger partial charge in [0, 0.05) is 18.8 Å². The zero-order chi connectivity index (χ0) is 14.7. The van der Waals surface area contributed by atoms with E-state index in [9.17, 15) is 15.0 Å². The third kappa shape index (κ3) is 3.28. The van der Waals surface area contributed by atoms with Crippen LogP contribution in [-0.4, -0.2) is 40.4 Å². The van der Waals surface area contributed by atoms with E-state index in [0.717, 1.165) is 31.5 Å². The van der Waals surface area contributed by atoms with Gasteiger partial charge >= 0.3 is 5.97 Å². The summed E-state index contributed by atoms with van der Waals surface area (Å²) in [6.07, 6.45) is 2.20. The van der Waals surface area contributed by atoms with E-state index in [1.807, 2.05) is 18.7 Å². The maximum absolute atomic E-state index is 11.2. The number of carbonyl (C=O) groups is 1. The molecule has 2 atom stereocenters. The van der Waals surface area contributed by atoms with Crippen LogP contribution in [0.4, 0.5) is 5.82 Å². The lowest BCUT2D eigenvalue weighted by Gasteiger charge is -2.35. The lowest BCUT2D eigenvalue weighted by Crippen LogP contribution is -2.43. The van der Waals surface area contributed by atoms with E-state index < -0.39 is 5.97 Å². The van der Waals surface area contributed by atoms with Crippen LogP contribution in [0.3, 0.4) is 0 Å². The number of aryl methyl sites for hydroxylation is 1. The Kier molecular flexibility index (Phi) is 4.60. The summed E-state index contributed by atoms with van der Waals surface area (Å²) in [5, 5.41) is 19.2. The van der Waals surface area contributed by atoms with Crippen molar-refractivity contribution < 1.29 is 15.0 Å². The molecule has 110 valence electrons. The predicted octanol–water partition coefficient (Wildman–Crippen LogP) is 1.94. The summed E-state index contributed by atoms with van der Waals surface area (Å²) >= 11 is 0. The minimum absolute atomic E-state index is 0.270. The molecule has 2 unspecified atom stereocenters. The van der Waals surface area contributed by atoms with Crippen molar-refractivity contribution in [1.82, 2.24) is 4.98 Å². The van der Waals surface area contributed by atoms with Crippen molar-refractivity contribution in [2.45, 2.75) is 39.2 Å². The van der Waals surface area contributed by atoms with Crippen molar-refractivity contribution in [3.8, 4) is 0 Å². The second-order valence-corrected chi connectivity index (χ2v) is 5.54. The highest BCUT2D eigenvalue weighted by atomic mass is 16.4. The first-order valence-corrected chi connectivity index (χ1v) is 7.18. The molecule has 2 heterocycles. The molecule has 1 aromatic heterocycles. The van der Waals surface area contributed by atoms with Crippen LogP contribution >= 0.6 is 0 Å². The van der Waals surface area contributed by atoms with Crippen molar-refractivity contribution in [3.63, 3.8) is 0 Å². The Labute approximate surface area is 119 Å². The van der Waals surface area contributed by atoms with E-state index in [1.54, 1.807) is 12.1 Å². The Hall–Kier alpha value is -1.62. The minimum Gasteiger partial charge on any atom is -0.478 e. The number of rotatable bonds is 4. The highest BCUT2D eigenvalue weighted by Gasteiger charge is 2.25. The number of aromatic nitrogens is 1. The second-order valence-electron chi connectivity index (χ2n) is 5.54. The Morgan fingerprint density at radius 3 is 2.85 bits per heavy atom. The van der Waals surface area contributed by atoms with Gasteiger partial charge in [-0.15, -0.1) is 0 Å². The fraction of sp³-hybridized carbons (Fsp3) is 0.600. The fourth-order valence-electron chi connectivity index (χ4n) is 2.50. The standard InChI is InChI=1S/C15H22N2O3/c1-3-4-12-7-11(15(19)20)8-14(16-12)17-6-5-10(2)13(18)9-17/h7-8,10,13,18H,3-6,9H2,1-2H3,(H,19,20). The number of carboxylic acid groups (broad SMARTS) is 1. The molecule has 1 saturated heterocycles. The summed E-state index contributed by atoms with van der Waals surface area (Å²) in [6, 6.07) is 3.24. The van der Waals surface area contributed by atoms with E-state index in [0.29, 0.717) is 12.4 Å². The van der Waals surface area contributed by atoms with Gasteiger partial charge in [-0.05, 0) is 30.9 Å². The van der Waals surface area contributed by atoms with Gasteiger partial charge in [-0.2, -0.15) is 0 Å². The van der Waals surface area contributed by atoms with Crippen molar-refractivity contribution in [1.29, 1.82) is 0 Å². The van der Waals surface area contributed by atoms with Crippen molar-refractivity contribution >= 4 is 11.8 Å². The summed E-state index contributed by atoms with van der Waals surface area (Å²) in [5.74, 6) is 0.0141. The fourth-order valence-corrected chi connectivity index (χ4v) is 2.50. The van der Waals surface area contributed by atoms with Gasteiger partial charge in [0.05, 0.1) is 11.7 Å². The molecule has 2 rings (SSSR count). The van der Waals surface area contributed by atoms with E-state index in [2.05, 4.69) is 4.98 Å². The number of hydrogen-bond acceptors (Lipinski definition) is 4. The summed E-state index contributed by atoms with van der Waals surface area (Å²) in [6.45, 7) is 5.40. The number of pyridine rings is 1. The molecule has 0 aromatic carbocycles. The normalized spacial score (nSPS) is 22.9. The van der Waals surface area contributed by atoms with Gasteiger partial charge in [-0.25, -0.2) is 9.78 Å². The van der Waals surface area contributed by atoms with Gasteiger partial charge in [0.2, 0.25) is 0 Å². The Morgan fingerprint density at radius 1 is 1.50 bits per heavy atom. The third-order valence-electron chi connectivity index (χ3n) is 3.86. The summed E-state index contributed by atoms with van der Waals surface area (Å²) in [5.41, 5.74) is 1.07. The van der Waals surface area contributed by atoms with Gasteiger partial charge in [-0.3, -0.25) is 0 Å². The van der Waals surface area contributed by atoms with E-state index >= 15 is 0 Å². The zero-order valence-corrected chi connectivity index (χ0v) is 12.0. The van der Waals surface area contributed by atoms with Crippen LogP contribution in [0.1, 0.15) is 42.7 Å². The average Bonchev–Trinajstić information content (AvgIpc) is 2.42. The van der Waals surface area contributed by atoms with Gasteiger partial charge in [0.25, 0.3) is 0 Å². The molecule has 0 aliphatic carbocycles. The molecule has 5 heteroatoms. The smallest absolute Gasteiger partial charge is 0.335 e. The molecule has 1 aliphatic heterocycles. The zero-order valence-electron chi connectivity index (χ0n) is 12.0. The lowest BCUT2D eigenvalue weighted by molar-refractivity contribution is 0.0696. The molecule has 1 aliphatic rings. The first-order chi connectivity index (χ1) is 9.51. The molecule has 0 saturated carbocycles. The predicted molar refractivity (Wildman–Crippen MR) is 77.2 cm³/mol. The monoisotopic (exact) mass is 278 g/mol. The van der Waals surface area contributed by atoms with E-state index in [4.69, 9.17) is 0 Å². The number of nitrogens with zero attached hydrogens (tertiary/aromatic N) is 2. The molecule has 2 N–H and O–H groups in total. The number of β-amino-alcohol motifs (C(OH)–C–C–N with tert-alkyl or cyclic N) is 1.